The van der Waals surface area contributed by atoms with Gasteiger partial charge >= 0.3 is 8.41 Å². The molecule has 0 heterocycles. The molecule has 0 N–H and O–H groups in total. The maximum absolute atomic E-state index is 15.4. The molecule has 3 aromatic carbocycles. The van der Waals surface area contributed by atoms with Gasteiger partial charge in [0.15, 0.2) is 0 Å². The zero-order valence-electron chi connectivity index (χ0n) is 10.8. The van der Waals surface area contributed by atoms with Crippen LogP contribution in [0.4, 0.5) is 4.11 Å². The molecule has 0 spiro atoms. The van der Waals surface area contributed by atoms with Gasteiger partial charge in [-0.05, 0) is 27.7 Å². The largest absolute Gasteiger partial charge is 0.306 e. The summed E-state index contributed by atoms with van der Waals surface area (Å²) in [6, 6.07) is 23.5. The summed E-state index contributed by atoms with van der Waals surface area (Å²) in [5, 5.41) is 3.82. The van der Waals surface area contributed by atoms with Gasteiger partial charge in [-0.25, -0.2) is 0 Å². The number of hydrogen-bond acceptors (Lipinski definition) is 0. The molecule has 0 saturated carbocycles. The van der Waals surface area contributed by atoms with E-state index in [0.29, 0.717) is 0 Å². The van der Waals surface area contributed by atoms with Crippen LogP contribution in [0.25, 0.3) is 10.8 Å². The van der Waals surface area contributed by atoms with E-state index in [9.17, 15) is 0 Å². The predicted octanol–water partition coefficient (Wildman–Crippen LogP) is 3.50. The fraction of sp³-hybridized carbons (Fsp3) is 0.0588. The second-order valence-corrected chi connectivity index (χ2v) is 8.02. The van der Waals surface area contributed by atoms with Crippen LogP contribution in [0.5, 0.6) is 0 Å². The highest BCUT2D eigenvalue weighted by atomic mass is 28.4. The van der Waals surface area contributed by atoms with E-state index in [1.54, 1.807) is 6.55 Å². The summed E-state index contributed by atoms with van der Waals surface area (Å²) in [6.45, 7) is 1.77. The van der Waals surface area contributed by atoms with Gasteiger partial charge in [-0.2, -0.15) is 0 Å². The smallest absolute Gasteiger partial charge is 0.302 e. The van der Waals surface area contributed by atoms with Gasteiger partial charge in [0, 0.05) is 0 Å². The molecule has 0 aliphatic carbocycles. The van der Waals surface area contributed by atoms with E-state index in [1.165, 1.54) is 0 Å². The summed E-state index contributed by atoms with van der Waals surface area (Å²) in [4.78, 5) is 0. The minimum atomic E-state index is -3.12. The second-order valence-electron chi connectivity index (χ2n) is 4.90. The molecular formula is C17H15FSi. The average Bonchev–Trinajstić information content (AvgIpc) is 2.47. The van der Waals surface area contributed by atoms with Gasteiger partial charge in [0.2, 0.25) is 0 Å². The Bertz CT molecular complexity index is 699. The quantitative estimate of drug-likeness (QED) is 0.492. The molecule has 0 nitrogen and oxygen atoms in total. The Kier molecular flexibility index (Phi) is 2.95. The van der Waals surface area contributed by atoms with Crippen LogP contribution >= 0.6 is 0 Å². The van der Waals surface area contributed by atoms with Crippen molar-refractivity contribution < 1.29 is 4.11 Å². The molecule has 94 valence electrons. The van der Waals surface area contributed by atoms with Crippen molar-refractivity contribution in [2.45, 2.75) is 6.55 Å². The summed E-state index contributed by atoms with van der Waals surface area (Å²) < 4.78 is 15.4. The van der Waals surface area contributed by atoms with Crippen molar-refractivity contribution in [2.24, 2.45) is 0 Å². The lowest BCUT2D eigenvalue weighted by atomic mass is 10.1. The minimum Gasteiger partial charge on any atom is -0.302 e. The Morgan fingerprint density at radius 2 is 1.37 bits per heavy atom. The van der Waals surface area contributed by atoms with Gasteiger partial charge < -0.3 is 4.11 Å². The van der Waals surface area contributed by atoms with E-state index in [0.717, 1.165) is 21.1 Å². The van der Waals surface area contributed by atoms with E-state index in [2.05, 4.69) is 0 Å². The molecule has 0 fully saturated rings. The van der Waals surface area contributed by atoms with Gasteiger partial charge in [-0.15, -0.1) is 0 Å². The Morgan fingerprint density at radius 3 is 2.16 bits per heavy atom. The molecule has 0 aromatic heterocycles. The first-order valence-electron chi connectivity index (χ1n) is 6.42. The lowest BCUT2D eigenvalue weighted by Crippen LogP contribution is -2.52. The van der Waals surface area contributed by atoms with Crippen LogP contribution in [-0.4, -0.2) is 8.41 Å². The SMILES string of the molecule is C[Si@](F)(c1ccccc1)c1cccc2ccccc12. The Morgan fingerprint density at radius 1 is 0.737 bits per heavy atom. The molecule has 19 heavy (non-hydrogen) atoms. The lowest BCUT2D eigenvalue weighted by Gasteiger charge is -2.20. The highest BCUT2D eigenvalue weighted by Crippen LogP contribution is 2.16. The highest BCUT2D eigenvalue weighted by Gasteiger charge is 2.34. The minimum absolute atomic E-state index is 0.825. The summed E-state index contributed by atoms with van der Waals surface area (Å²) in [5.41, 5.74) is 0. The average molecular weight is 266 g/mol. The van der Waals surface area contributed by atoms with Crippen molar-refractivity contribution in [1.29, 1.82) is 0 Å². The van der Waals surface area contributed by atoms with Gasteiger partial charge in [-0.3, -0.25) is 0 Å². The van der Waals surface area contributed by atoms with Crippen LogP contribution in [0.1, 0.15) is 0 Å². The van der Waals surface area contributed by atoms with Crippen LogP contribution in [0.15, 0.2) is 72.8 Å². The summed E-state index contributed by atoms with van der Waals surface area (Å²) >= 11 is 0. The molecule has 0 aliphatic heterocycles. The Hall–Kier alpha value is -1.93. The molecular weight excluding hydrogens is 251 g/mol. The van der Waals surface area contributed by atoms with Crippen LogP contribution in [0.2, 0.25) is 6.55 Å². The monoisotopic (exact) mass is 266 g/mol. The van der Waals surface area contributed by atoms with Crippen molar-refractivity contribution >= 4 is 29.6 Å². The standard InChI is InChI=1S/C17H15FSi/c1-19(18,15-10-3-2-4-11-15)17-13-7-9-14-8-5-6-12-16(14)17/h2-13H,1H3/t19-/m0/s1. The molecule has 0 amide bonds. The fourth-order valence-electron chi connectivity index (χ4n) is 2.54. The third kappa shape index (κ3) is 2.08. The maximum Gasteiger partial charge on any atom is 0.306 e. The third-order valence-corrected chi connectivity index (χ3v) is 6.48. The molecule has 0 saturated heterocycles. The van der Waals surface area contributed by atoms with E-state index < -0.39 is 8.41 Å². The number of rotatable bonds is 2. The first-order chi connectivity index (χ1) is 9.19. The Labute approximate surface area is 113 Å². The first-order valence-corrected chi connectivity index (χ1v) is 8.80. The van der Waals surface area contributed by atoms with Gasteiger partial charge in [0.05, 0.1) is 0 Å². The van der Waals surface area contributed by atoms with Gasteiger partial charge in [-0.1, -0.05) is 72.8 Å². The van der Waals surface area contributed by atoms with E-state index >= 15 is 4.11 Å². The maximum atomic E-state index is 15.4. The molecule has 3 aromatic rings. The van der Waals surface area contributed by atoms with E-state index in [-0.39, 0.29) is 0 Å². The first kappa shape index (κ1) is 12.1. The molecule has 0 radical (unpaired) electrons. The van der Waals surface area contributed by atoms with Crippen molar-refractivity contribution in [3.05, 3.63) is 72.8 Å². The normalized spacial score (nSPS) is 14.2. The van der Waals surface area contributed by atoms with Crippen LogP contribution in [0.3, 0.4) is 0 Å². The fourth-order valence-corrected chi connectivity index (χ4v) is 4.81. The van der Waals surface area contributed by atoms with Crippen LogP contribution in [-0.2, 0) is 0 Å². The Balaban J connectivity index is 2.24. The molecule has 0 aliphatic rings. The molecule has 1 atom stereocenters. The molecule has 0 bridgehead atoms. The van der Waals surface area contributed by atoms with E-state index in [4.69, 9.17) is 0 Å². The van der Waals surface area contributed by atoms with Crippen molar-refractivity contribution in [2.75, 3.05) is 0 Å². The van der Waals surface area contributed by atoms with Crippen LogP contribution in [0, 0.1) is 0 Å². The molecule has 2 heteroatoms. The van der Waals surface area contributed by atoms with Gasteiger partial charge in [0.1, 0.15) is 0 Å². The second kappa shape index (κ2) is 4.63. The summed E-state index contributed by atoms with van der Waals surface area (Å²) in [7, 11) is -3.12. The highest BCUT2D eigenvalue weighted by molar-refractivity contribution is 6.97. The van der Waals surface area contributed by atoms with Crippen LogP contribution < -0.4 is 10.4 Å². The zero-order chi connectivity index (χ0) is 13.3. The van der Waals surface area contributed by atoms with Gasteiger partial charge in [0.25, 0.3) is 0 Å². The summed E-state index contributed by atoms with van der Waals surface area (Å²) in [5.74, 6) is 0. The molecule has 0 unspecified atom stereocenters. The topological polar surface area (TPSA) is 0 Å². The third-order valence-electron chi connectivity index (χ3n) is 3.61. The molecule has 3 rings (SSSR count). The lowest BCUT2D eigenvalue weighted by molar-refractivity contribution is 0.833. The van der Waals surface area contributed by atoms with Crippen molar-refractivity contribution in [1.82, 2.24) is 0 Å². The predicted molar refractivity (Wildman–Crippen MR) is 82.4 cm³/mol. The zero-order valence-corrected chi connectivity index (χ0v) is 11.8. The van der Waals surface area contributed by atoms with Crippen molar-refractivity contribution in [3.63, 3.8) is 0 Å². The number of fused-ring (bicyclic) bond motifs is 1. The van der Waals surface area contributed by atoms with Crippen molar-refractivity contribution in [3.8, 4) is 0 Å². The van der Waals surface area contributed by atoms with E-state index in [1.807, 2.05) is 72.8 Å². The number of hydrogen-bond donors (Lipinski definition) is 0. The number of benzene rings is 3. The summed E-state index contributed by atoms with van der Waals surface area (Å²) in [6.07, 6.45) is 0. The number of halogens is 1.